The number of carbonyl (C=O) groups excluding carboxylic acids is 1. The molecule has 3 rings (SSSR count). The summed E-state index contributed by atoms with van der Waals surface area (Å²) in [6, 6.07) is 11.8. The van der Waals surface area contributed by atoms with Gasteiger partial charge in [0.25, 0.3) is 0 Å². The van der Waals surface area contributed by atoms with Crippen LogP contribution in [-0.2, 0) is 6.54 Å². The zero-order chi connectivity index (χ0) is 17.8. The molecule has 2 aromatic carbocycles. The van der Waals surface area contributed by atoms with Crippen LogP contribution in [-0.4, -0.2) is 15.8 Å². The van der Waals surface area contributed by atoms with Crippen LogP contribution in [0.5, 0.6) is 0 Å². The van der Waals surface area contributed by atoms with Crippen LogP contribution in [0, 0.1) is 19.7 Å². The minimum Gasteiger partial charge on any atom is -0.307 e. The van der Waals surface area contributed by atoms with E-state index in [2.05, 4.69) is 15.7 Å². The summed E-state index contributed by atoms with van der Waals surface area (Å²) in [5, 5.41) is 9.80. The van der Waals surface area contributed by atoms with Crippen molar-refractivity contribution in [3.63, 3.8) is 0 Å². The van der Waals surface area contributed by atoms with Gasteiger partial charge in [0.2, 0.25) is 0 Å². The number of amides is 2. The molecule has 0 unspecified atom stereocenters. The Balaban J connectivity index is 1.61. The van der Waals surface area contributed by atoms with Crippen LogP contribution in [0.4, 0.5) is 20.6 Å². The van der Waals surface area contributed by atoms with E-state index in [0.29, 0.717) is 12.2 Å². The fourth-order valence-electron chi connectivity index (χ4n) is 2.45. The molecule has 2 N–H and O–H groups in total. The fourth-order valence-corrected chi connectivity index (χ4v) is 2.45. The van der Waals surface area contributed by atoms with Crippen molar-refractivity contribution in [3.8, 4) is 0 Å². The van der Waals surface area contributed by atoms with Gasteiger partial charge in [0.1, 0.15) is 5.82 Å². The number of benzene rings is 2. The number of halogens is 1. The average Bonchev–Trinajstić information content (AvgIpc) is 3.00. The van der Waals surface area contributed by atoms with Gasteiger partial charge in [0.15, 0.2) is 0 Å². The minimum atomic E-state index is -0.324. The molecule has 0 aliphatic rings. The molecule has 0 atom stereocenters. The molecule has 0 spiro atoms. The number of hydrogen-bond acceptors (Lipinski definition) is 2. The van der Waals surface area contributed by atoms with Crippen molar-refractivity contribution in [2.24, 2.45) is 0 Å². The second kappa shape index (κ2) is 7.17. The zero-order valence-electron chi connectivity index (χ0n) is 14.1. The Morgan fingerprint density at radius 3 is 2.64 bits per heavy atom. The highest BCUT2D eigenvalue weighted by Crippen LogP contribution is 2.17. The van der Waals surface area contributed by atoms with Gasteiger partial charge in [-0.2, -0.15) is 5.10 Å². The van der Waals surface area contributed by atoms with Crippen LogP contribution < -0.4 is 10.6 Å². The Morgan fingerprint density at radius 1 is 1.12 bits per heavy atom. The molecule has 0 radical (unpaired) electrons. The highest BCUT2D eigenvalue weighted by atomic mass is 19.1. The van der Waals surface area contributed by atoms with Gasteiger partial charge < -0.3 is 10.6 Å². The third-order valence-electron chi connectivity index (χ3n) is 3.79. The van der Waals surface area contributed by atoms with E-state index in [1.165, 1.54) is 12.1 Å². The number of aryl methyl sites for hydroxylation is 2. The molecule has 0 aliphatic heterocycles. The maximum absolute atomic E-state index is 12.9. The first kappa shape index (κ1) is 16.7. The third kappa shape index (κ3) is 4.44. The van der Waals surface area contributed by atoms with E-state index >= 15 is 0 Å². The largest absolute Gasteiger partial charge is 0.323 e. The van der Waals surface area contributed by atoms with Gasteiger partial charge in [0, 0.05) is 11.9 Å². The molecule has 1 aromatic heterocycles. The fraction of sp³-hybridized carbons (Fsp3) is 0.158. The van der Waals surface area contributed by atoms with Crippen LogP contribution in [0.2, 0.25) is 0 Å². The van der Waals surface area contributed by atoms with Crippen LogP contribution in [0.15, 0.2) is 54.9 Å². The molecule has 0 bridgehead atoms. The van der Waals surface area contributed by atoms with Crippen LogP contribution in [0.3, 0.4) is 0 Å². The Kier molecular flexibility index (Phi) is 4.79. The zero-order valence-corrected chi connectivity index (χ0v) is 14.1. The molecule has 3 aromatic rings. The van der Waals surface area contributed by atoms with Crippen molar-refractivity contribution in [1.82, 2.24) is 9.78 Å². The maximum Gasteiger partial charge on any atom is 0.323 e. The number of urea groups is 1. The average molecular weight is 338 g/mol. The van der Waals surface area contributed by atoms with Crippen molar-refractivity contribution in [3.05, 3.63) is 77.4 Å². The lowest BCUT2D eigenvalue weighted by atomic mass is 10.1. The van der Waals surface area contributed by atoms with Gasteiger partial charge in [-0.25, -0.2) is 9.18 Å². The lowest BCUT2D eigenvalue weighted by Crippen LogP contribution is -2.19. The van der Waals surface area contributed by atoms with E-state index in [0.717, 1.165) is 22.4 Å². The first-order valence-electron chi connectivity index (χ1n) is 7.92. The minimum absolute atomic E-state index is 0.269. The monoisotopic (exact) mass is 338 g/mol. The number of carbonyl (C=O) groups is 1. The molecule has 5 nitrogen and oxygen atoms in total. The molecule has 0 saturated carbocycles. The van der Waals surface area contributed by atoms with E-state index < -0.39 is 0 Å². The molecule has 0 aliphatic carbocycles. The normalized spacial score (nSPS) is 10.5. The molecule has 6 heteroatoms. The van der Waals surface area contributed by atoms with Crippen LogP contribution in [0.25, 0.3) is 0 Å². The summed E-state index contributed by atoms with van der Waals surface area (Å²) in [6.45, 7) is 4.42. The first-order valence-corrected chi connectivity index (χ1v) is 7.92. The molecule has 128 valence electrons. The van der Waals surface area contributed by atoms with E-state index in [-0.39, 0.29) is 11.8 Å². The quantitative estimate of drug-likeness (QED) is 0.744. The number of rotatable bonds is 4. The summed E-state index contributed by atoms with van der Waals surface area (Å²) in [6.07, 6.45) is 3.30. The number of nitrogens with one attached hydrogen (secondary N) is 2. The summed E-state index contributed by atoms with van der Waals surface area (Å²) in [5.74, 6) is -0.269. The van der Waals surface area contributed by atoms with Crippen LogP contribution >= 0.6 is 0 Å². The summed E-state index contributed by atoms with van der Waals surface area (Å²) in [7, 11) is 0. The summed E-state index contributed by atoms with van der Waals surface area (Å²) in [5.41, 5.74) is 4.36. The number of hydrogen-bond donors (Lipinski definition) is 2. The highest BCUT2D eigenvalue weighted by Gasteiger charge is 2.07. The number of nitrogens with zero attached hydrogens (tertiary/aromatic N) is 2. The van der Waals surface area contributed by atoms with Gasteiger partial charge >= 0.3 is 6.03 Å². The van der Waals surface area contributed by atoms with E-state index in [4.69, 9.17) is 0 Å². The highest BCUT2D eigenvalue weighted by molar-refractivity contribution is 6.00. The SMILES string of the molecule is Cc1ccc(C)c(NC(=O)Nc2cnn(Cc3ccc(F)cc3)c2)c1. The molecule has 1 heterocycles. The molecule has 2 amide bonds. The predicted octanol–water partition coefficient (Wildman–Crippen LogP) is 4.33. The van der Waals surface area contributed by atoms with Gasteiger partial charge in [-0.3, -0.25) is 4.68 Å². The van der Waals surface area contributed by atoms with Gasteiger partial charge in [-0.15, -0.1) is 0 Å². The van der Waals surface area contributed by atoms with Gasteiger partial charge in [-0.05, 0) is 48.7 Å². The lowest BCUT2D eigenvalue weighted by molar-refractivity contribution is 0.262. The predicted molar refractivity (Wildman–Crippen MR) is 96.3 cm³/mol. The maximum atomic E-state index is 12.9. The second-order valence-corrected chi connectivity index (χ2v) is 5.95. The second-order valence-electron chi connectivity index (χ2n) is 5.95. The van der Waals surface area contributed by atoms with Crippen molar-refractivity contribution >= 4 is 17.4 Å². The van der Waals surface area contributed by atoms with E-state index in [1.54, 1.807) is 29.2 Å². The van der Waals surface area contributed by atoms with Crippen LogP contribution in [0.1, 0.15) is 16.7 Å². The van der Waals surface area contributed by atoms with Crippen molar-refractivity contribution in [2.45, 2.75) is 20.4 Å². The van der Waals surface area contributed by atoms with Crippen molar-refractivity contribution in [2.75, 3.05) is 10.6 Å². The van der Waals surface area contributed by atoms with E-state index in [1.807, 2.05) is 32.0 Å². The molecular formula is C19H19FN4O. The summed E-state index contributed by atoms with van der Waals surface area (Å²) >= 11 is 0. The Bertz CT molecular complexity index is 887. The smallest absolute Gasteiger partial charge is 0.307 e. The standard InChI is InChI=1S/C19H19FN4O/c1-13-3-4-14(2)18(9-13)23-19(25)22-17-10-21-24(12-17)11-15-5-7-16(20)8-6-15/h3-10,12H,11H2,1-2H3,(H2,22,23,25). The van der Waals surface area contributed by atoms with Gasteiger partial charge in [0.05, 0.1) is 18.4 Å². The summed E-state index contributed by atoms with van der Waals surface area (Å²) in [4.78, 5) is 12.1. The molecule has 25 heavy (non-hydrogen) atoms. The van der Waals surface area contributed by atoms with Crippen molar-refractivity contribution < 1.29 is 9.18 Å². The Morgan fingerprint density at radius 2 is 1.88 bits per heavy atom. The topological polar surface area (TPSA) is 59.0 Å². The van der Waals surface area contributed by atoms with Crippen molar-refractivity contribution in [1.29, 1.82) is 0 Å². The summed E-state index contributed by atoms with van der Waals surface area (Å²) < 4.78 is 14.6. The molecular weight excluding hydrogens is 319 g/mol. The first-order chi connectivity index (χ1) is 12.0. The number of anilines is 2. The Labute approximate surface area is 145 Å². The Hall–Kier alpha value is -3.15. The third-order valence-corrected chi connectivity index (χ3v) is 3.79. The molecule has 0 fully saturated rings. The van der Waals surface area contributed by atoms with Gasteiger partial charge in [-0.1, -0.05) is 24.3 Å². The number of aromatic nitrogens is 2. The molecule has 0 saturated heterocycles. The lowest BCUT2D eigenvalue weighted by Gasteiger charge is -2.09. The van der Waals surface area contributed by atoms with E-state index in [9.17, 15) is 9.18 Å².